The molecule has 0 atom stereocenters. The number of nitrogens with one attached hydrogen (secondary N) is 1. The quantitative estimate of drug-likeness (QED) is 0.638. The van der Waals surface area contributed by atoms with Crippen LogP contribution in [0.3, 0.4) is 0 Å². The van der Waals surface area contributed by atoms with Gasteiger partial charge in [0, 0.05) is 6.54 Å². The van der Waals surface area contributed by atoms with Gasteiger partial charge in [-0.1, -0.05) is 27.7 Å². The molecule has 0 aromatic carbocycles. The molecule has 0 heterocycles. The van der Waals surface area contributed by atoms with Gasteiger partial charge in [-0.3, -0.25) is 0 Å². The number of hydrogen-bond acceptors (Lipinski definition) is 2. The Balaban J connectivity index is 3.81. The van der Waals surface area contributed by atoms with Gasteiger partial charge in [0.1, 0.15) is 0 Å². The third-order valence-corrected chi connectivity index (χ3v) is 2.99. The molecule has 13 heavy (non-hydrogen) atoms. The van der Waals surface area contributed by atoms with Crippen molar-refractivity contribution in [3.8, 4) is 0 Å². The highest BCUT2D eigenvalue weighted by molar-refractivity contribution is 4.79. The molecule has 0 fully saturated rings. The third-order valence-electron chi connectivity index (χ3n) is 2.99. The van der Waals surface area contributed by atoms with E-state index in [0.29, 0.717) is 5.41 Å². The molecule has 0 aromatic heterocycles. The van der Waals surface area contributed by atoms with Gasteiger partial charge in [0.2, 0.25) is 0 Å². The Kier molecular flexibility index (Phi) is 6.35. The molecule has 0 saturated carbocycles. The van der Waals surface area contributed by atoms with Gasteiger partial charge in [0.25, 0.3) is 0 Å². The first-order chi connectivity index (χ1) is 6.10. The van der Waals surface area contributed by atoms with Crippen LogP contribution in [0.1, 0.15) is 40.5 Å². The van der Waals surface area contributed by atoms with Crippen LogP contribution in [0.4, 0.5) is 0 Å². The van der Waals surface area contributed by atoms with Crippen LogP contribution in [-0.2, 0) is 0 Å². The lowest BCUT2D eigenvalue weighted by Gasteiger charge is -2.30. The van der Waals surface area contributed by atoms with Crippen molar-refractivity contribution >= 4 is 0 Å². The molecule has 2 heteroatoms. The smallest absolute Gasteiger partial charge is 0.00198 e. The Morgan fingerprint density at radius 2 is 1.77 bits per heavy atom. The molecule has 0 aromatic rings. The zero-order valence-electron chi connectivity index (χ0n) is 9.69. The summed E-state index contributed by atoms with van der Waals surface area (Å²) in [6, 6.07) is 0. The molecule has 0 spiro atoms. The van der Waals surface area contributed by atoms with Crippen LogP contribution < -0.4 is 11.1 Å². The van der Waals surface area contributed by atoms with Crippen LogP contribution >= 0.6 is 0 Å². The van der Waals surface area contributed by atoms with E-state index in [-0.39, 0.29) is 0 Å². The molecule has 0 bridgehead atoms. The van der Waals surface area contributed by atoms with Gasteiger partial charge in [0.15, 0.2) is 0 Å². The van der Waals surface area contributed by atoms with E-state index in [1.165, 1.54) is 12.8 Å². The van der Waals surface area contributed by atoms with Gasteiger partial charge in [0.05, 0.1) is 0 Å². The van der Waals surface area contributed by atoms with E-state index in [2.05, 4.69) is 33.0 Å². The van der Waals surface area contributed by atoms with Gasteiger partial charge in [-0.05, 0) is 37.3 Å². The number of rotatable bonds is 7. The molecular formula is C11H26N2. The number of hydrogen-bond donors (Lipinski definition) is 2. The second-order valence-corrected chi connectivity index (χ2v) is 4.44. The maximum atomic E-state index is 5.81. The van der Waals surface area contributed by atoms with Crippen LogP contribution in [0.25, 0.3) is 0 Å². The van der Waals surface area contributed by atoms with E-state index in [9.17, 15) is 0 Å². The summed E-state index contributed by atoms with van der Waals surface area (Å²) in [5.74, 6) is 0.726. The summed E-state index contributed by atoms with van der Waals surface area (Å²) in [6.07, 6.45) is 2.34. The summed E-state index contributed by atoms with van der Waals surface area (Å²) in [4.78, 5) is 0. The maximum absolute atomic E-state index is 5.81. The molecule has 0 radical (unpaired) electrons. The lowest BCUT2D eigenvalue weighted by Crippen LogP contribution is -2.40. The van der Waals surface area contributed by atoms with E-state index in [1.54, 1.807) is 0 Å². The Hall–Kier alpha value is -0.0800. The van der Waals surface area contributed by atoms with Crippen molar-refractivity contribution in [2.24, 2.45) is 17.1 Å². The molecule has 0 amide bonds. The van der Waals surface area contributed by atoms with E-state index in [4.69, 9.17) is 5.73 Å². The summed E-state index contributed by atoms with van der Waals surface area (Å²) >= 11 is 0. The fourth-order valence-corrected chi connectivity index (χ4v) is 1.49. The minimum atomic E-state index is 0.328. The highest BCUT2D eigenvalue weighted by Gasteiger charge is 2.23. The standard InChI is InChI=1S/C11H26N2/c1-5-11(6-2,8-12)9-13-7-10(3)4/h10,13H,5-9,12H2,1-4H3. The largest absolute Gasteiger partial charge is 0.330 e. The van der Waals surface area contributed by atoms with Gasteiger partial charge in [-0.2, -0.15) is 0 Å². The maximum Gasteiger partial charge on any atom is 0.00198 e. The lowest BCUT2D eigenvalue weighted by atomic mass is 9.82. The highest BCUT2D eigenvalue weighted by Crippen LogP contribution is 2.23. The van der Waals surface area contributed by atoms with Crippen LogP contribution in [-0.4, -0.2) is 19.6 Å². The van der Waals surface area contributed by atoms with E-state index in [0.717, 1.165) is 25.6 Å². The minimum absolute atomic E-state index is 0.328. The average molecular weight is 186 g/mol. The first-order valence-electron chi connectivity index (χ1n) is 5.51. The molecular weight excluding hydrogens is 160 g/mol. The Bertz CT molecular complexity index is 109. The molecule has 0 saturated heterocycles. The minimum Gasteiger partial charge on any atom is -0.330 e. The first-order valence-corrected chi connectivity index (χ1v) is 5.51. The molecule has 80 valence electrons. The molecule has 3 N–H and O–H groups in total. The summed E-state index contributed by atoms with van der Waals surface area (Å²) in [7, 11) is 0. The van der Waals surface area contributed by atoms with Crippen LogP contribution in [0.15, 0.2) is 0 Å². The highest BCUT2D eigenvalue weighted by atomic mass is 14.9. The molecule has 2 nitrogen and oxygen atoms in total. The van der Waals surface area contributed by atoms with Crippen molar-refractivity contribution < 1.29 is 0 Å². The van der Waals surface area contributed by atoms with E-state index >= 15 is 0 Å². The lowest BCUT2D eigenvalue weighted by molar-refractivity contribution is 0.255. The predicted octanol–water partition coefficient (Wildman–Crippen LogP) is 2.00. The second kappa shape index (κ2) is 6.39. The van der Waals surface area contributed by atoms with Crippen molar-refractivity contribution in [1.29, 1.82) is 0 Å². The fourth-order valence-electron chi connectivity index (χ4n) is 1.49. The van der Waals surface area contributed by atoms with Gasteiger partial charge in [-0.25, -0.2) is 0 Å². The summed E-state index contributed by atoms with van der Waals surface area (Å²) in [5, 5.41) is 3.50. The zero-order chi connectivity index (χ0) is 10.3. The Morgan fingerprint density at radius 1 is 1.23 bits per heavy atom. The molecule has 0 unspecified atom stereocenters. The van der Waals surface area contributed by atoms with Crippen molar-refractivity contribution in [2.45, 2.75) is 40.5 Å². The molecule has 0 aliphatic heterocycles. The average Bonchev–Trinajstić information content (AvgIpc) is 2.13. The number of nitrogens with two attached hydrogens (primary N) is 1. The van der Waals surface area contributed by atoms with Gasteiger partial charge in [-0.15, -0.1) is 0 Å². The van der Waals surface area contributed by atoms with Crippen molar-refractivity contribution in [3.05, 3.63) is 0 Å². The Morgan fingerprint density at radius 3 is 2.08 bits per heavy atom. The topological polar surface area (TPSA) is 38.0 Å². The third kappa shape index (κ3) is 4.63. The Labute approximate surface area is 83.3 Å². The van der Waals surface area contributed by atoms with Crippen molar-refractivity contribution in [2.75, 3.05) is 19.6 Å². The summed E-state index contributed by atoms with van der Waals surface area (Å²) in [6.45, 7) is 11.9. The summed E-state index contributed by atoms with van der Waals surface area (Å²) < 4.78 is 0. The van der Waals surface area contributed by atoms with E-state index in [1.807, 2.05) is 0 Å². The van der Waals surface area contributed by atoms with Gasteiger partial charge >= 0.3 is 0 Å². The SMILES string of the molecule is CCC(CC)(CN)CNCC(C)C. The molecule has 0 aliphatic carbocycles. The van der Waals surface area contributed by atoms with Crippen LogP contribution in [0, 0.1) is 11.3 Å². The van der Waals surface area contributed by atoms with Gasteiger partial charge < -0.3 is 11.1 Å². The second-order valence-electron chi connectivity index (χ2n) is 4.44. The predicted molar refractivity (Wildman–Crippen MR) is 59.8 cm³/mol. The molecule has 0 aliphatic rings. The van der Waals surface area contributed by atoms with Crippen molar-refractivity contribution in [1.82, 2.24) is 5.32 Å². The normalized spacial score (nSPS) is 12.5. The van der Waals surface area contributed by atoms with Crippen LogP contribution in [0.5, 0.6) is 0 Å². The zero-order valence-corrected chi connectivity index (χ0v) is 9.69. The van der Waals surface area contributed by atoms with Crippen molar-refractivity contribution in [3.63, 3.8) is 0 Å². The monoisotopic (exact) mass is 186 g/mol. The fraction of sp³-hybridized carbons (Fsp3) is 1.00. The molecule has 0 rings (SSSR count). The first kappa shape index (κ1) is 12.9. The van der Waals surface area contributed by atoms with Crippen LogP contribution in [0.2, 0.25) is 0 Å². The van der Waals surface area contributed by atoms with E-state index < -0.39 is 0 Å². The summed E-state index contributed by atoms with van der Waals surface area (Å²) in [5.41, 5.74) is 6.13.